The Balaban J connectivity index is 1.84. The van der Waals surface area contributed by atoms with Gasteiger partial charge in [0, 0.05) is 18.2 Å². The van der Waals surface area contributed by atoms with Crippen LogP contribution in [0, 0.1) is 0 Å². The molecule has 0 saturated heterocycles. The van der Waals surface area contributed by atoms with E-state index in [1.807, 2.05) is 20.0 Å². The molecule has 0 radical (unpaired) electrons. The fourth-order valence-corrected chi connectivity index (χ4v) is 2.44. The molecule has 1 fully saturated rings. The molecule has 2 heterocycles. The van der Waals surface area contributed by atoms with Crippen LogP contribution < -0.4 is 15.8 Å². The van der Waals surface area contributed by atoms with Gasteiger partial charge in [-0.25, -0.2) is 19.9 Å². The van der Waals surface area contributed by atoms with Crippen LogP contribution in [0.25, 0.3) is 0 Å². The first kappa shape index (κ1) is 15.5. The van der Waals surface area contributed by atoms with E-state index in [1.54, 1.807) is 13.3 Å². The Morgan fingerprint density at radius 1 is 1.30 bits per heavy atom. The van der Waals surface area contributed by atoms with Crippen LogP contribution in [0.15, 0.2) is 12.4 Å². The van der Waals surface area contributed by atoms with E-state index >= 15 is 0 Å². The molecule has 1 aliphatic carbocycles. The first-order valence-corrected chi connectivity index (χ1v) is 7.91. The number of methoxy groups -OCH3 is 1. The number of hydrogen-bond acceptors (Lipinski definition) is 7. The number of aryl methyl sites for hydroxylation is 1. The summed E-state index contributed by atoms with van der Waals surface area (Å²) in [5.41, 5.74) is 7.04. The Morgan fingerprint density at radius 3 is 2.70 bits per heavy atom. The van der Waals surface area contributed by atoms with E-state index in [0.29, 0.717) is 23.3 Å². The molecule has 3 N–H and O–H groups in total. The van der Waals surface area contributed by atoms with Crippen molar-refractivity contribution in [2.45, 2.75) is 45.1 Å². The molecule has 122 valence electrons. The second-order valence-electron chi connectivity index (χ2n) is 5.77. The molecule has 2 aromatic heterocycles. The topological polar surface area (TPSA) is 98.8 Å². The summed E-state index contributed by atoms with van der Waals surface area (Å²) in [6.07, 6.45) is 6.74. The number of hydrogen-bond donors (Lipinski definition) is 2. The third kappa shape index (κ3) is 3.33. The van der Waals surface area contributed by atoms with Gasteiger partial charge in [-0.15, -0.1) is 0 Å². The van der Waals surface area contributed by atoms with Gasteiger partial charge in [-0.3, -0.25) is 0 Å². The predicted molar refractivity (Wildman–Crippen MR) is 88.4 cm³/mol. The van der Waals surface area contributed by atoms with Gasteiger partial charge < -0.3 is 15.8 Å². The first-order chi connectivity index (χ1) is 11.1. The number of nitrogens with two attached hydrogens (primary N) is 1. The fourth-order valence-electron chi connectivity index (χ4n) is 2.44. The lowest BCUT2D eigenvalue weighted by atomic mass is 10.2. The van der Waals surface area contributed by atoms with Gasteiger partial charge in [-0.1, -0.05) is 6.92 Å². The van der Waals surface area contributed by atoms with Gasteiger partial charge in [-0.2, -0.15) is 0 Å². The van der Waals surface area contributed by atoms with E-state index in [2.05, 4.69) is 25.3 Å². The van der Waals surface area contributed by atoms with E-state index in [4.69, 9.17) is 10.5 Å². The number of aromatic nitrogens is 4. The van der Waals surface area contributed by atoms with Crippen LogP contribution >= 0.6 is 0 Å². The minimum atomic E-state index is -0.111. The number of rotatable bonds is 6. The molecule has 1 saturated carbocycles. The Hall–Kier alpha value is -2.44. The maximum Gasteiger partial charge on any atom is 0.179 e. The predicted octanol–water partition coefficient (Wildman–Crippen LogP) is 2.47. The summed E-state index contributed by atoms with van der Waals surface area (Å²) in [5, 5.41) is 3.42. The van der Waals surface area contributed by atoms with Crippen LogP contribution in [0.4, 0.5) is 11.6 Å². The Morgan fingerprint density at radius 2 is 2.09 bits per heavy atom. The molecule has 0 bridgehead atoms. The molecule has 7 heteroatoms. The highest BCUT2D eigenvalue weighted by Gasteiger charge is 2.28. The zero-order valence-electron chi connectivity index (χ0n) is 13.7. The van der Waals surface area contributed by atoms with Crippen LogP contribution in [-0.2, 0) is 6.42 Å². The minimum absolute atomic E-state index is 0.111. The number of anilines is 2. The van der Waals surface area contributed by atoms with Crippen molar-refractivity contribution in [3.63, 3.8) is 0 Å². The highest BCUT2D eigenvalue weighted by molar-refractivity contribution is 5.49. The standard InChI is InChI=1S/C16H22N6O/c1-4-13-18-7-11(10-5-6-10)16(21-13)20-9(2)15-19-8-12(23-3)14(17)22-15/h7-10H,4-6H2,1-3H3,(H2,17,19,22)(H,18,20,21). The van der Waals surface area contributed by atoms with Crippen molar-refractivity contribution in [1.29, 1.82) is 0 Å². The molecular formula is C16H22N6O. The average molecular weight is 314 g/mol. The largest absolute Gasteiger partial charge is 0.491 e. The van der Waals surface area contributed by atoms with Crippen LogP contribution in [0.3, 0.4) is 0 Å². The normalized spacial score (nSPS) is 15.3. The second kappa shape index (κ2) is 6.36. The number of nitrogens with one attached hydrogen (secondary N) is 1. The highest BCUT2D eigenvalue weighted by atomic mass is 16.5. The molecule has 2 aromatic rings. The van der Waals surface area contributed by atoms with E-state index in [0.717, 1.165) is 18.1 Å². The van der Waals surface area contributed by atoms with Crippen molar-refractivity contribution in [2.75, 3.05) is 18.2 Å². The minimum Gasteiger partial charge on any atom is -0.491 e. The molecule has 1 unspecified atom stereocenters. The first-order valence-electron chi connectivity index (χ1n) is 7.91. The molecule has 0 aliphatic heterocycles. The lowest BCUT2D eigenvalue weighted by molar-refractivity contribution is 0.412. The number of nitrogen functional groups attached to an aromatic ring is 1. The zero-order valence-corrected chi connectivity index (χ0v) is 13.7. The average Bonchev–Trinajstić information content (AvgIpc) is 3.39. The van der Waals surface area contributed by atoms with Crippen molar-refractivity contribution >= 4 is 11.6 Å². The molecule has 0 amide bonds. The van der Waals surface area contributed by atoms with E-state index in [-0.39, 0.29) is 6.04 Å². The molecule has 0 spiro atoms. The van der Waals surface area contributed by atoms with E-state index in [9.17, 15) is 0 Å². The molecule has 3 rings (SSSR count). The van der Waals surface area contributed by atoms with Crippen molar-refractivity contribution in [3.8, 4) is 5.75 Å². The van der Waals surface area contributed by atoms with Gasteiger partial charge in [0.05, 0.1) is 19.3 Å². The summed E-state index contributed by atoms with van der Waals surface area (Å²) >= 11 is 0. The Kier molecular flexibility index (Phi) is 4.27. The molecule has 1 atom stereocenters. The molecule has 1 aliphatic rings. The van der Waals surface area contributed by atoms with Crippen LogP contribution in [-0.4, -0.2) is 27.0 Å². The molecule has 0 aromatic carbocycles. The number of ether oxygens (including phenoxy) is 1. The van der Waals surface area contributed by atoms with Crippen molar-refractivity contribution < 1.29 is 4.74 Å². The smallest absolute Gasteiger partial charge is 0.179 e. The molecular weight excluding hydrogens is 292 g/mol. The van der Waals surface area contributed by atoms with E-state index < -0.39 is 0 Å². The summed E-state index contributed by atoms with van der Waals surface area (Å²) in [6.45, 7) is 4.04. The maximum absolute atomic E-state index is 5.87. The van der Waals surface area contributed by atoms with Gasteiger partial charge in [0.25, 0.3) is 0 Å². The fraction of sp³-hybridized carbons (Fsp3) is 0.500. The highest BCUT2D eigenvalue weighted by Crippen LogP contribution is 2.43. The van der Waals surface area contributed by atoms with Gasteiger partial charge in [-0.05, 0) is 25.7 Å². The summed E-state index contributed by atoms with van der Waals surface area (Å²) in [6, 6.07) is -0.111. The van der Waals surface area contributed by atoms with Gasteiger partial charge >= 0.3 is 0 Å². The molecule has 23 heavy (non-hydrogen) atoms. The monoisotopic (exact) mass is 314 g/mol. The van der Waals surface area contributed by atoms with Crippen molar-refractivity contribution in [2.24, 2.45) is 0 Å². The maximum atomic E-state index is 5.87. The quantitative estimate of drug-likeness (QED) is 0.845. The summed E-state index contributed by atoms with van der Waals surface area (Å²) in [5.74, 6) is 3.71. The lowest BCUT2D eigenvalue weighted by Crippen LogP contribution is -2.15. The summed E-state index contributed by atoms with van der Waals surface area (Å²) in [7, 11) is 1.55. The van der Waals surface area contributed by atoms with Gasteiger partial charge in [0.2, 0.25) is 0 Å². The van der Waals surface area contributed by atoms with Crippen LogP contribution in [0.2, 0.25) is 0 Å². The van der Waals surface area contributed by atoms with Crippen LogP contribution in [0.5, 0.6) is 5.75 Å². The van der Waals surface area contributed by atoms with E-state index in [1.165, 1.54) is 18.4 Å². The van der Waals surface area contributed by atoms with Gasteiger partial charge in [0.1, 0.15) is 11.6 Å². The summed E-state index contributed by atoms with van der Waals surface area (Å²) < 4.78 is 5.10. The Bertz CT molecular complexity index is 701. The Labute approximate surface area is 135 Å². The third-order valence-corrected chi connectivity index (χ3v) is 3.96. The van der Waals surface area contributed by atoms with Crippen molar-refractivity contribution in [3.05, 3.63) is 29.6 Å². The lowest BCUT2D eigenvalue weighted by Gasteiger charge is -2.17. The van der Waals surface area contributed by atoms with Crippen LogP contribution in [0.1, 0.15) is 55.9 Å². The molecule has 7 nitrogen and oxygen atoms in total. The third-order valence-electron chi connectivity index (χ3n) is 3.96. The SMILES string of the molecule is CCc1ncc(C2CC2)c(NC(C)c2ncc(OC)c(N)n2)n1. The van der Waals surface area contributed by atoms with Gasteiger partial charge in [0.15, 0.2) is 17.4 Å². The second-order valence-corrected chi connectivity index (χ2v) is 5.77. The zero-order chi connectivity index (χ0) is 16.4. The summed E-state index contributed by atoms with van der Waals surface area (Å²) in [4.78, 5) is 17.7. The van der Waals surface area contributed by atoms with Crippen molar-refractivity contribution in [1.82, 2.24) is 19.9 Å². The number of nitrogens with zero attached hydrogens (tertiary/aromatic N) is 4.